The zero-order valence-corrected chi connectivity index (χ0v) is 25.8. The molecule has 1 aromatic carbocycles. The first-order valence-corrected chi connectivity index (χ1v) is 14.4. The number of methoxy groups -OCH3 is 1. The monoisotopic (exact) mass is 605 g/mol. The number of hydrogen-bond donors (Lipinski definition) is 1. The number of allylic oxidation sites excluding steroid dienone is 1. The van der Waals surface area contributed by atoms with Crippen LogP contribution in [0.2, 0.25) is 5.02 Å². The Balaban J connectivity index is 1.77. The smallest absolute Gasteiger partial charge is 0.341 e. The van der Waals surface area contributed by atoms with Crippen LogP contribution in [0.4, 0.5) is 5.00 Å². The van der Waals surface area contributed by atoms with E-state index in [-0.39, 0.29) is 28.1 Å². The van der Waals surface area contributed by atoms with E-state index in [2.05, 4.69) is 22.1 Å². The van der Waals surface area contributed by atoms with Crippen molar-refractivity contribution in [1.82, 2.24) is 19.7 Å². The highest BCUT2D eigenvalue weighted by atomic mass is 35.5. The third kappa shape index (κ3) is 6.86. The summed E-state index contributed by atoms with van der Waals surface area (Å²) in [6.45, 7) is 11.6. The average molecular weight is 606 g/mol. The van der Waals surface area contributed by atoms with Crippen LogP contribution < -0.4 is 10.1 Å². The van der Waals surface area contributed by atoms with Gasteiger partial charge in [-0.15, -0.1) is 28.1 Å². The Hall–Kier alpha value is -3.35. The van der Waals surface area contributed by atoms with E-state index in [1.165, 1.54) is 23.8 Å². The second-order valence-corrected chi connectivity index (χ2v) is 11.5. The van der Waals surface area contributed by atoms with Crippen molar-refractivity contribution in [2.24, 2.45) is 0 Å². The number of anilines is 1. The minimum absolute atomic E-state index is 0.0192. The molecule has 0 aliphatic heterocycles. The third-order valence-corrected chi connectivity index (χ3v) is 8.62. The maximum absolute atomic E-state index is 12.9. The molecule has 0 aliphatic rings. The molecule has 0 radical (unpaired) electrons. The summed E-state index contributed by atoms with van der Waals surface area (Å²) in [5, 5.41) is 12.8. The third-order valence-electron chi connectivity index (χ3n) is 5.87. The number of aryl methyl sites for hydroxylation is 2. The number of carbonyl (C=O) groups excluding carboxylic acids is 3. The highest BCUT2D eigenvalue weighted by Gasteiger charge is 2.27. The molecule has 2 amide bonds. The number of carbonyl (C=O) groups is 3. The summed E-state index contributed by atoms with van der Waals surface area (Å²) in [4.78, 5) is 39.7. The van der Waals surface area contributed by atoms with E-state index >= 15 is 0 Å². The maximum Gasteiger partial charge on any atom is 0.341 e. The standard InChI is InChI=1S/C27H32ClN5O5S2/c1-9-10-33-23(17(5)38-18-11-14(2)21(28)15(3)12-18)30-31-27(33)39-13-19(34)29-24-20(26(36)37-8)16(4)22(40-24)25(35)32(6)7/h9,11-12,17H,1,10,13H2,2-8H3,(H,29,34). The summed E-state index contributed by atoms with van der Waals surface area (Å²) >= 11 is 8.50. The fourth-order valence-corrected chi connectivity index (χ4v) is 5.99. The Morgan fingerprint density at radius 3 is 2.45 bits per heavy atom. The largest absolute Gasteiger partial charge is 0.483 e. The van der Waals surface area contributed by atoms with Crippen LogP contribution in [0, 0.1) is 20.8 Å². The van der Waals surface area contributed by atoms with Gasteiger partial charge in [0, 0.05) is 25.7 Å². The number of thioether (sulfide) groups is 1. The molecule has 1 N–H and O–H groups in total. The summed E-state index contributed by atoms with van der Waals surface area (Å²) in [5.41, 5.74) is 2.43. The summed E-state index contributed by atoms with van der Waals surface area (Å²) in [7, 11) is 4.48. The Morgan fingerprint density at radius 1 is 1.23 bits per heavy atom. The quantitative estimate of drug-likeness (QED) is 0.174. The highest BCUT2D eigenvalue weighted by Crippen LogP contribution is 2.35. The molecule has 2 aromatic heterocycles. The Bertz CT molecular complexity index is 1430. The second-order valence-electron chi connectivity index (χ2n) is 9.16. The van der Waals surface area contributed by atoms with E-state index in [9.17, 15) is 14.4 Å². The van der Waals surface area contributed by atoms with Crippen LogP contribution in [0.25, 0.3) is 0 Å². The van der Waals surface area contributed by atoms with E-state index in [1.807, 2.05) is 37.5 Å². The highest BCUT2D eigenvalue weighted by molar-refractivity contribution is 7.99. The zero-order chi connectivity index (χ0) is 29.7. The van der Waals surface area contributed by atoms with Gasteiger partial charge >= 0.3 is 5.97 Å². The first-order chi connectivity index (χ1) is 18.9. The number of halogens is 1. The molecule has 0 spiro atoms. The SMILES string of the molecule is C=CCn1c(SCC(=O)Nc2sc(C(=O)N(C)C)c(C)c2C(=O)OC)nnc1C(C)Oc1cc(C)c(Cl)c(C)c1. The van der Waals surface area contributed by atoms with Crippen molar-refractivity contribution in [2.45, 2.75) is 45.5 Å². The van der Waals surface area contributed by atoms with E-state index < -0.39 is 12.1 Å². The van der Waals surface area contributed by atoms with Gasteiger partial charge in [-0.1, -0.05) is 29.4 Å². The van der Waals surface area contributed by atoms with Gasteiger partial charge in [-0.25, -0.2) is 4.79 Å². The van der Waals surface area contributed by atoms with Crippen LogP contribution in [0.3, 0.4) is 0 Å². The Kier molecular flexibility index (Phi) is 10.4. The van der Waals surface area contributed by atoms with Crippen LogP contribution in [-0.4, -0.2) is 64.4 Å². The number of thiophene rings is 1. The van der Waals surface area contributed by atoms with Crippen LogP contribution >= 0.6 is 34.7 Å². The van der Waals surface area contributed by atoms with E-state index in [0.717, 1.165) is 22.5 Å². The molecule has 1 atom stereocenters. The van der Waals surface area contributed by atoms with Crippen LogP contribution in [-0.2, 0) is 16.1 Å². The summed E-state index contributed by atoms with van der Waals surface area (Å²) < 4.78 is 12.9. The normalized spacial score (nSPS) is 11.6. The number of nitrogens with one attached hydrogen (secondary N) is 1. The first-order valence-electron chi connectivity index (χ1n) is 12.2. The zero-order valence-electron chi connectivity index (χ0n) is 23.5. The average Bonchev–Trinajstić information content (AvgIpc) is 3.45. The summed E-state index contributed by atoms with van der Waals surface area (Å²) in [5.74, 6) is -0.0754. The molecule has 0 saturated carbocycles. The van der Waals surface area contributed by atoms with Gasteiger partial charge in [0.2, 0.25) is 5.91 Å². The predicted octanol–water partition coefficient (Wildman–Crippen LogP) is 5.46. The fourth-order valence-electron chi connectivity index (χ4n) is 3.89. The van der Waals surface area contributed by atoms with Crippen molar-refractivity contribution in [3.8, 4) is 5.75 Å². The lowest BCUT2D eigenvalue weighted by Gasteiger charge is -2.17. The number of nitrogens with zero attached hydrogens (tertiary/aromatic N) is 4. The molecule has 1 unspecified atom stereocenters. The molecule has 0 fully saturated rings. The lowest BCUT2D eigenvalue weighted by atomic mass is 10.1. The van der Waals surface area contributed by atoms with Crippen molar-refractivity contribution >= 4 is 57.5 Å². The van der Waals surface area contributed by atoms with Gasteiger partial charge in [0.15, 0.2) is 17.1 Å². The van der Waals surface area contributed by atoms with Gasteiger partial charge in [-0.2, -0.15) is 0 Å². The number of ether oxygens (including phenoxy) is 2. The fraction of sp³-hybridized carbons (Fsp3) is 0.370. The second kappa shape index (κ2) is 13.3. The molecule has 3 aromatic rings. The number of benzene rings is 1. The van der Waals surface area contributed by atoms with Gasteiger partial charge in [0.05, 0.1) is 23.3 Å². The van der Waals surface area contributed by atoms with Crippen LogP contribution in [0.1, 0.15) is 55.6 Å². The summed E-state index contributed by atoms with van der Waals surface area (Å²) in [6, 6.07) is 3.73. The van der Waals surface area contributed by atoms with E-state index in [0.29, 0.717) is 38.7 Å². The van der Waals surface area contributed by atoms with Crippen molar-refractivity contribution < 1.29 is 23.9 Å². The lowest BCUT2D eigenvalue weighted by molar-refractivity contribution is -0.113. The Morgan fingerprint density at radius 2 is 1.88 bits per heavy atom. The van der Waals surface area contributed by atoms with Crippen molar-refractivity contribution in [3.63, 3.8) is 0 Å². The molecular formula is C27H32ClN5O5S2. The van der Waals surface area contributed by atoms with Crippen LogP contribution in [0.5, 0.6) is 5.75 Å². The van der Waals surface area contributed by atoms with E-state index in [4.69, 9.17) is 21.1 Å². The maximum atomic E-state index is 12.9. The molecule has 10 nitrogen and oxygen atoms in total. The molecule has 40 heavy (non-hydrogen) atoms. The topological polar surface area (TPSA) is 116 Å². The molecule has 0 bridgehead atoms. The van der Waals surface area contributed by atoms with Gasteiger partial charge < -0.3 is 19.7 Å². The lowest BCUT2D eigenvalue weighted by Crippen LogP contribution is -2.21. The minimum Gasteiger partial charge on any atom is -0.483 e. The molecule has 214 valence electrons. The van der Waals surface area contributed by atoms with Crippen molar-refractivity contribution in [2.75, 3.05) is 32.3 Å². The molecule has 13 heteroatoms. The first kappa shape index (κ1) is 31.2. The van der Waals surface area contributed by atoms with Gasteiger partial charge in [0.25, 0.3) is 5.91 Å². The predicted molar refractivity (Wildman–Crippen MR) is 158 cm³/mol. The number of hydrogen-bond acceptors (Lipinski definition) is 9. The van der Waals surface area contributed by atoms with Crippen molar-refractivity contribution in [1.29, 1.82) is 0 Å². The number of amides is 2. The molecular weight excluding hydrogens is 574 g/mol. The number of esters is 1. The van der Waals surface area contributed by atoms with Crippen molar-refractivity contribution in [3.05, 3.63) is 62.8 Å². The molecule has 0 saturated heterocycles. The molecule has 0 aliphatic carbocycles. The molecule has 3 rings (SSSR count). The molecule has 2 heterocycles. The summed E-state index contributed by atoms with van der Waals surface area (Å²) in [6.07, 6.45) is 1.26. The van der Waals surface area contributed by atoms with Crippen LogP contribution in [0.15, 0.2) is 29.9 Å². The van der Waals surface area contributed by atoms with E-state index in [1.54, 1.807) is 27.1 Å². The van der Waals surface area contributed by atoms with Gasteiger partial charge in [-0.3, -0.25) is 14.2 Å². The minimum atomic E-state index is -0.634. The van der Waals surface area contributed by atoms with Gasteiger partial charge in [0.1, 0.15) is 10.8 Å². The number of aromatic nitrogens is 3. The number of rotatable bonds is 11. The Labute approximate surface area is 246 Å². The van der Waals surface area contributed by atoms with Gasteiger partial charge in [-0.05, 0) is 56.5 Å².